The minimum Gasteiger partial charge on any atom is -0.0628 e. The molecule has 109 valence electrons. The van der Waals surface area contributed by atoms with E-state index in [2.05, 4.69) is 48.0 Å². The average molecular weight is 253 g/mol. The van der Waals surface area contributed by atoms with E-state index in [4.69, 9.17) is 0 Å². The van der Waals surface area contributed by atoms with Crippen molar-refractivity contribution < 1.29 is 0 Å². The van der Waals surface area contributed by atoms with Crippen LogP contribution in [0.5, 0.6) is 0 Å². The van der Waals surface area contributed by atoms with Crippen molar-refractivity contribution in [2.24, 2.45) is 17.3 Å². The maximum atomic E-state index is 2.53. The minimum absolute atomic E-state index is 0.530. The first-order valence-corrected chi connectivity index (χ1v) is 8.15. The Morgan fingerprint density at radius 2 is 1.50 bits per heavy atom. The molecule has 0 aromatic rings. The second kappa shape index (κ2) is 9.87. The molecule has 0 amide bonds. The van der Waals surface area contributed by atoms with E-state index in [1.807, 2.05) is 0 Å². The third-order valence-corrected chi connectivity index (χ3v) is 3.68. The van der Waals surface area contributed by atoms with E-state index >= 15 is 0 Å². The summed E-state index contributed by atoms with van der Waals surface area (Å²) in [6.07, 6.45) is 13.5. The zero-order chi connectivity index (χ0) is 14.0. The fourth-order valence-corrected chi connectivity index (χ4v) is 2.86. The minimum atomic E-state index is 0.530. The Morgan fingerprint density at radius 1 is 0.833 bits per heavy atom. The van der Waals surface area contributed by atoms with Gasteiger partial charge in [-0.3, -0.25) is 0 Å². The van der Waals surface area contributed by atoms with Gasteiger partial charge >= 0.3 is 0 Å². The predicted molar refractivity (Wildman–Crippen MR) is 84.7 cm³/mol. The van der Waals surface area contributed by atoms with E-state index in [-0.39, 0.29) is 0 Å². The second-order valence-electron chi connectivity index (χ2n) is 7.62. The van der Waals surface area contributed by atoms with Crippen LogP contribution in [0.3, 0.4) is 0 Å². The van der Waals surface area contributed by atoms with Gasteiger partial charge in [0.2, 0.25) is 0 Å². The van der Waals surface area contributed by atoms with Gasteiger partial charge < -0.3 is 0 Å². The zero-order valence-corrected chi connectivity index (χ0v) is 13.9. The SMILES string of the molecule is CC(C)CCCCC[CH]CCC(C)(C)CC(C)C. The standard InChI is InChI=1S/C18H37/c1-16(2)13-11-9-7-8-10-12-14-18(5,6)15-17(3)4/h10,16-17H,7-9,11-15H2,1-6H3. The number of hydrogen-bond acceptors (Lipinski definition) is 0. The first-order valence-electron chi connectivity index (χ1n) is 8.15. The van der Waals surface area contributed by atoms with Gasteiger partial charge in [-0.05, 0) is 42.9 Å². The smallest absolute Gasteiger partial charge is 0.0352 e. The first-order chi connectivity index (χ1) is 8.33. The highest BCUT2D eigenvalue weighted by molar-refractivity contribution is 4.75. The highest BCUT2D eigenvalue weighted by Gasteiger charge is 2.18. The van der Waals surface area contributed by atoms with Gasteiger partial charge in [0.05, 0.1) is 0 Å². The molecule has 0 aliphatic carbocycles. The van der Waals surface area contributed by atoms with Crippen molar-refractivity contribution in [3.8, 4) is 0 Å². The molecule has 0 bridgehead atoms. The normalized spacial score (nSPS) is 12.7. The zero-order valence-electron chi connectivity index (χ0n) is 13.9. The lowest BCUT2D eigenvalue weighted by atomic mass is 9.79. The molecule has 0 N–H and O–H groups in total. The molecule has 0 rings (SSSR count). The molecule has 0 nitrogen and oxygen atoms in total. The summed E-state index contributed by atoms with van der Waals surface area (Å²) in [5.74, 6) is 1.71. The van der Waals surface area contributed by atoms with Gasteiger partial charge in [0, 0.05) is 0 Å². The average Bonchev–Trinajstić information content (AvgIpc) is 2.19. The Labute approximate surface area is 117 Å². The van der Waals surface area contributed by atoms with Gasteiger partial charge in [0.25, 0.3) is 0 Å². The summed E-state index contributed by atoms with van der Waals surface area (Å²) in [4.78, 5) is 0. The van der Waals surface area contributed by atoms with Crippen molar-refractivity contribution in [2.75, 3.05) is 0 Å². The molecular formula is C18H37. The van der Waals surface area contributed by atoms with E-state index in [0.29, 0.717) is 5.41 Å². The summed E-state index contributed by atoms with van der Waals surface area (Å²) >= 11 is 0. The fourth-order valence-electron chi connectivity index (χ4n) is 2.86. The van der Waals surface area contributed by atoms with Crippen LogP contribution < -0.4 is 0 Å². The van der Waals surface area contributed by atoms with Crippen molar-refractivity contribution in [3.63, 3.8) is 0 Å². The van der Waals surface area contributed by atoms with Crippen LogP contribution >= 0.6 is 0 Å². The van der Waals surface area contributed by atoms with Gasteiger partial charge in [-0.2, -0.15) is 0 Å². The van der Waals surface area contributed by atoms with Crippen molar-refractivity contribution in [2.45, 2.75) is 92.9 Å². The summed E-state index contributed by atoms with van der Waals surface area (Å²) in [5, 5.41) is 0. The summed E-state index contributed by atoms with van der Waals surface area (Å²) in [7, 11) is 0. The Bertz CT molecular complexity index is 176. The van der Waals surface area contributed by atoms with E-state index in [1.54, 1.807) is 0 Å². The molecule has 18 heavy (non-hydrogen) atoms. The molecule has 0 unspecified atom stereocenters. The molecule has 0 spiro atoms. The lowest BCUT2D eigenvalue weighted by molar-refractivity contribution is 0.264. The monoisotopic (exact) mass is 253 g/mol. The predicted octanol–water partition coefficient (Wildman–Crippen LogP) is 6.65. The first kappa shape index (κ1) is 18.0. The lowest BCUT2D eigenvalue weighted by Gasteiger charge is -2.26. The van der Waals surface area contributed by atoms with E-state index in [1.165, 1.54) is 51.4 Å². The van der Waals surface area contributed by atoms with E-state index < -0.39 is 0 Å². The quantitative estimate of drug-likeness (QED) is 0.362. The molecule has 0 fully saturated rings. The molecular weight excluding hydrogens is 216 g/mol. The van der Waals surface area contributed by atoms with Crippen LogP contribution in [-0.4, -0.2) is 0 Å². The maximum Gasteiger partial charge on any atom is -0.0352 e. The van der Waals surface area contributed by atoms with Gasteiger partial charge in [-0.25, -0.2) is 0 Å². The van der Waals surface area contributed by atoms with Crippen molar-refractivity contribution in [1.29, 1.82) is 0 Å². The Morgan fingerprint density at radius 3 is 2.06 bits per heavy atom. The lowest BCUT2D eigenvalue weighted by Crippen LogP contribution is -2.14. The van der Waals surface area contributed by atoms with Crippen molar-refractivity contribution >= 4 is 0 Å². The topological polar surface area (TPSA) is 0 Å². The molecule has 0 saturated carbocycles. The number of unbranched alkanes of at least 4 members (excludes halogenated alkanes) is 5. The number of hydrogen-bond donors (Lipinski definition) is 0. The van der Waals surface area contributed by atoms with Crippen LogP contribution in [0.2, 0.25) is 0 Å². The van der Waals surface area contributed by atoms with Crippen molar-refractivity contribution in [1.82, 2.24) is 0 Å². The van der Waals surface area contributed by atoms with Crippen LogP contribution in [-0.2, 0) is 0 Å². The van der Waals surface area contributed by atoms with Crippen LogP contribution in [0.25, 0.3) is 0 Å². The van der Waals surface area contributed by atoms with Crippen LogP contribution in [0.15, 0.2) is 0 Å². The van der Waals surface area contributed by atoms with Gasteiger partial charge in [-0.1, -0.05) is 73.6 Å². The van der Waals surface area contributed by atoms with Crippen molar-refractivity contribution in [3.05, 3.63) is 6.42 Å². The third kappa shape index (κ3) is 12.5. The molecule has 0 aliphatic heterocycles. The van der Waals surface area contributed by atoms with Gasteiger partial charge in [-0.15, -0.1) is 0 Å². The molecule has 0 aliphatic rings. The Balaban J connectivity index is 3.34. The Hall–Kier alpha value is 0. The Kier molecular flexibility index (Phi) is 9.87. The van der Waals surface area contributed by atoms with Gasteiger partial charge in [0.1, 0.15) is 0 Å². The molecule has 0 aromatic heterocycles. The van der Waals surface area contributed by atoms with Gasteiger partial charge in [0.15, 0.2) is 0 Å². The maximum absolute atomic E-state index is 2.53. The van der Waals surface area contributed by atoms with Crippen LogP contribution in [0, 0.1) is 23.7 Å². The third-order valence-electron chi connectivity index (χ3n) is 3.68. The molecule has 0 heteroatoms. The molecule has 1 radical (unpaired) electrons. The summed E-state index contributed by atoms with van der Waals surface area (Å²) in [5.41, 5.74) is 0.530. The second-order valence-corrected chi connectivity index (χ2v) is 7.62. The van der Waals surface area contributed by atoms with E-state index in [9.17, 15) is 0 Å². The molecule has 0 atom stereocenters. The largest absolute Gasteiger partial charge is 0.0628 e. The highest BCUT2D eigenvalue weighted by atomic mass is 14.2. The number of rotatable bonds is 11. The fraction of sp³-hybridized carbons (Fsp3) is 0.944. The molecule has 0 heterocycles. The molecule has 0 saturated heterocycles. The summed E-state index contributed by atoms with van der Waals surface area (Å²) in [6.45, 7) is 14.2. The summed E-state index contributed by atoms with van der Waals surface area (Å²) < 4.78 is 0. The van der Waals surface area contributed by atoms with Crippen LogP contribution in [0.4, 0.5) is 0 Å². The molecule has 0 aromatic carbocycles. The highest BCUT2D eigenvalue weighted by Crippen LogP contribution is 2.31. The van der Waals surface area contributed by atoms with E-state index in [0.717, 1.165) is 11.8 Å². The van der Waals surface area contributed by atoms with Crippen LogP contribution in [0.1, 0.15) is 92.9 Å². The summed E-state index contributed by atoms with van der Waals surface area (Å²) in [6, 6.07) is 0.